The summed E-state index contributed by atoms with van der Waals surface area (Å²) in [5.74, 6) is -0.129. The fourth-order valence-electron chi connectivity index (χ4n) is 0.899. The van der Waals surface area contributed by atoms with Crippen LogP contribution in [0.15, 0.2) is 0 Å². The average Bonchev–Trinajstić information content (AvgIpc) is 2.29. The molecule has 0 aromatic heterocycles. The molecule has 11 heavy (non-hydrogen) atoms. The molecule has 0 spiro atoms. The van der Waals surface area contributed by atoms with Gasteiger partial charge in [0, 0.05) is 11.9 Å². The third kappa shape index (κ3) is 1.92. The van der Waals surface area contributed by atoms with Crippen LogP contribution in [-0.4, -0.2) is 35.3 Å². The van der Waals surface area contributed by atoms with E-state index >= 15 is 0 Å². The van der Waals surface area contributed by atoms with Gasteiger partial charge in [-0.05, 0) is 6.42 Å². The minimum atomic E-state index is -0.268. The highest BCUT2D eigenvalue weighted by Gasteiger charge is 2.27. The molecule has 1 heterocycles. The van der Waals surface area contributed by atoms with E-state index in [1.807, 2.05) is 0 Å². The lowest BCUT2D eigenvalue weighted by molar-refractivity contribution is -0.124. The Morgan fingerprint density at radius 3 is 2.73 bits per heavy atom. The SMILES string of the molecule is O=C1CNC(=O)N1CCCBr. The second-order valence-electron chi connectivity index (χ2n) is 2.25. The van der Waals surface area contributed by atoms with Gasteiger partial charge in [-0.1, -0.05) is 15.9 Å². The number of nitrogens with zero attached hydrogens (tertiary/aromatic N) is 1. The molecule has 5 heteroatoms. The first-order chi connectivity index (χ1) is 5.25. The van der Waals surface area contributed by atoms with Crippen LogP contribution in [0.25, 0.3) is 0 Å². The second-order valence-corrected chi connectivity index (χ2v) is 3.04. The maximum atomic E-state index is 10.9. The number of rotatable bonds is 3. The van der Waals surface area contributed by atoms with Gasteiger partial charge in [-0.2, -0.15) is 0 Å². The molecule has 0 aliphatic carbocycles. The normalized spacial score (nSPS) is 17.4. The largest absolute Gasteiger partial charge is 0.329 e. The zero-order valence-corrected chi connectivity index (χ0v) is 7.56. The van der Waals surface area contributed by atoms with Gasteiger partial charge in [0.05, 0.1) is 6.54 Å². The van der Waals surface area contributed by atoms with Gasteiger partial charge in [-0.15, -0.1) is 0 Å². The molecule has 3 amide bonds. The Labute approximate surface area is 73.1 Å². The average molecular weight is 221 g/mol. The molecule has 1 N–H and O–H groups in total. The van der Waals surface area contributed by atoms with Crippen molar-refractivity contribution in [3.05, 3.63) is 0 Å². The van der Waals surface area contributed by atoms with Gasteiger partial charge in [-0.3, -0.25) is 9.69 Å². The summed E-state index contributed by atoms with van der Waals surface area (Å²) in [6.45, 7) is 0.664. The number of hydrogen-bond acceptors (Lipinski definition) is 2. The molecule has 0 radical (unpaired) electrons. The number of amides is 3. The number of hydrogen-bond donors (Lipinski definition) is 1. The van der Waals surface area contributed by atoms with Crippen LogP contribution in [0.3, 0.4) is 0 Å². The van der Waals surface area contributed by atoms with Gasteiger partial charge in [0.2, 0.25) is 5.91 Å². The zero-order chi connectivity index (χ0) is 8.27. The summed E-state index contributed by atoms with van der Waals surface area (Å²) in [6.07, 6.45) is 0.805. The van der Waals surface area contributed by atoms with E-state index in [-0.39, 0.29) is 18.5 Å². The summed E-state index contributed by atoms with van der Waals surface area (Å²) in [5, 5.41) is 3.26. The standard InChI is InChI=1S/C6H9BrN2O2/c7-2-1-3-9-5(10)4-8-6(9)11/h1-4H2,(H,8,11). The van der Waals surface area contributed by atoms with Crippen molar-refractivity contribution in [3.8, 4) is 0 Å². The van der Waals surface area contributed by atoms with E-state index in [9.17, 15) is 9.59 Å². The lowest BCUT2D eigenvalue weighted by Gasteiger charge is -2.09. The minimum Gasteiger partial charge on any atom is -0.329 e. The summed E-state index contributed by atoms with van der Waals surface area (Å²) in [6, 6.07) is -0.268. The van der Waals surface area contributed by atoms with E-state index in [4.69, 9.17) is 0 Å². The Morgan fingerprint density at radius 1 is 1.55 bits per heavy atom. The lowest BCUT2D eigenvalue weighted by atomic mass is 10.4. The van der Waals surface area contributed by atoms with E-state index in [0.29, 0.717) is 6.54 Å². The van der Waals surface area contributed by atoms with Crippen molar-refractivity contribution < 1.29 is 9.59 Å². The number of alkyl halides is 1. The number of urea groups is 1. The second kappa shape index (κ2) is 3.71. The van der Waals surface area contributed by atoms with Crippen LogP contribution in [0.4, 0.5) is 4.79 Å². The summed E-state index contributed by atoms with van der Waals surface area (Å²) in [4.78, 5) is 23.0. The highest BCUT2D eigenvalue weighted by atomic mass is 79.9. The van der Waals surface area contributed by atoms with Crippen LogP contribution in [0, 0.1) is 0 Å². The summed E-state index contributed by atoms with van der Waals surface area (Å²) < 4.78 is 0. The molecule has 0 unspecified atom stereocenters. The Morgan fingerprint density at radius 2 is 2.27 bits per heavy atom. The van der Waals surface area contributed by atoms with Crippen LogP contribution in [0.2, 0.25) is 0 Å². The monoisotopic (exact) mass is 220 g/mol. The van der Waals surface area contributed by atoms with Crippen molar-refractivity contribution in [2.45, 2.75) is 6.42 Å². The van der Waals surface area contributed by atoms with E-state index in [2.05, 4.69) is 21.2 Å². The smallest absolute Gasteiger partial charge is 0.324 e. The number of imide groups is 1. The number of carbonyl (C=O) groups excluding carboxylic acids is 2. The molecule has 62 valence electrons. The number of nitrogens with one attached hydrogen (secondary N) is 1. The molecule has 1 rings (SSSR count). The number of carbonyl (C=O) groups is 2. The third-order valence-electron chi connectivity index (χ3n) is 1.45. The molecular weight excluding hydrogens is 212 g/mol. The Kier molecular flexibility index (Phi) is 2.87. The number of halogens is 1. The first-order valence-corrected chi connectivity index (χ1v) is 4.52. The fourth-order valence-corrected chi connectivity index (χ4v) is 1.15. The van der Waals surface area contributed by atoms with Crippen molar-refractivity contribution in [2.24, 2.45) is 0 Å². The van der Waals surface area contributed by atoms with Crippen molar-refractivity contribution in [2.75, 3.05) is 18.4 Å². The van der Waals surface area contributed by atoms with Crippen LogP contribution in [0.1, 0.15) is 6.42 Å². The third-order valence-corrected chi connectivity index (χ3v) is 2.01. The molecule has 1 saturated heterocycles. The minimum absolute atomic E-state index is 0.129. The van der Waals surface area contributed by atoms with Crippen LogP contribution in [0.5, 0.6) is 0 Å². The van der Waals surface area contributed by atoms with Crippen molar-refractivity contribution in [1.29, 1.82) is 0 Å². The maximum absolute atomic E-state index is 10.9. The van der Waals surface area contributed by atoms with Gasteiger partial charge < -0.3 is 5.32 Å². The van der Waals surface area contributed by atoms with Crippen LogP contribution >= 0.6 is 15.9 Å². The van der Waals surface area contributed by atoms with Gasteiger partial charge in [-0.25, -0.2) is 4.79 Å². The first kappa shape index (κ1) is 8.52. The molecular formula is C6H9BrN2O2. The molecule has 0 aromatic rings. The predicted octanol–water partition coefficient (Wildman–Crippen LogP) is 0.323. The van der Waals surface area contributed by atoms with Crippen LogP contribution in [-0.2, 0) is 4.79 Å². The van der Waals surface area contributed by atoms with Gasteiger partial charge >= 0.3 is 6.03 Å². The Bertz CT molecular complexity index is 167. The van der Waals surface area contributed by atoms with Crippen molar-refractivity contribution in [1.82, 2.24) is 10.2 Å². The van der Waals surface area contributed by atoms with Crippen LogP contribution < -0.4 is 5.32 Å². The van der Waals surface area contributed by atoms with E-state index < -0.39 is 0 Å². The van der Waals surface area contributed by atoms with Gasteiger partial charge in [0.1, 0.15) is 0 Å². The first-order valence-electron chi connectivity index (χ1n) is 3.40. The zero-order valence-electron chi connectivity index (χ0n) is 5.97. The van der Waals surface area contributed by atoms with Gasteiger partial charge in [0.25, 0.3) is 0 Å². The molecule has 4 nitrogen and oxygen atoms in total. The molecule has 1 aliphatic rings. The van der Waals surface area contributed by atoms with Crippen molar-refractivity contribution >= 4 is 27.9 Å². The topological polar surface area (TPSA) is 49.4 Å². The molecule has 0 atom stereocenters. The highest BCUT2D eigenvalue weighted by molar-refractivity contribution is 9.09. The Balaban J connectivity index is 2.41. The van der Waals surface area contributed by atoms with E-state index in [0.717, 1.165) is 11.8 Å². The molecule has 1 fully saturated rings. The summed E-state index contributed by atoms with van der Waals surface area (Å²) in [7, 11) is 0. The lowest BCUT2D eigenvalue weighted by Crippen LogP contribution is -2.31. The fraction of sp³-hybridized carbons (Fsp3) is 0.667. The maximum Gasteiger partial charge on any atom is 0.324 e. The van der Waals surface area contributed by atoms with Gasteiger partial charge in [0.15, 0.2) is 0 Å². The van der Waals surface area contributed by atoms with Crippen molar-refractivity contribution in [3.63, 3.8) is 0 Å². The van der Waals surface area contributed by atoms with E-state index in [1.54, 1.807) is 0 Å². The Hall–Kier alpha value is -0.580. The molecule has 0 aromatic carbocycles. The molecule has 1 aliphatic heterocycles. The molecule has 0 bridgehead atoms. The highest BCUT2D eigenvalue weighted by Crippen LogP contribution is 2.00. The molecule has 0 saturated carbocycles. The summed E-state index contributed by atoms with van der Waals surface area (Å²) in [5.41, 5.74) is 0. The summed E-state index contributed by atoms with van der Waals surface area (Å²) >= 11 is 3.23. The predicted molar refractivity (Wildman–Crippen MR) is 43.5 cm³/mol. The quantitative estimate of drug-likeness (QED) is 0.551. The van der Waals surface area contributed by atoms with E-state index in [1.165, 1.54) is 4.90 Å².